The fourth-order valence-corrected chi connectivity index (χ4v) is 1.90. The Morgan fingerprint density at radius 3 is 2.52 bits per heavy atom. The molecule has 10 heteroatoms. The molecule has 1 amide bonds. The lowest BCUT2D eigenvalue weighted by atomic mass is 10.1. The van der Waals surface area contributed by atoms with Crippen molar-refractivity contribution < 1.29 is 27.9 Å². The van der Waals surface area contributed by atoms with E-state index in [0.717, 1.165) is 17.6 Å². The fourth-order valence-electron chi connectivity index (χ4n) is 1.46. The predicted molar refractivity (Wildman–Crippen MR) is 66.3 cm³/mol. The van der Waals surface area contributed by atoms with Gasteiger partial charge in [-0.25, -0.2) is 4.79 Å². The number of nitrogens with zero attached hydrogens (tertiary/aromatic N) is 2. The first-order valence-electron chi connectivity index (χ1n) is 5.32. The van der Waals surface area contributed by atoms with E-state index in [1.165, 1.54) is 5.38 Å². The molecule has 6 nitrogen and oxygen atoms in total. The van der Waals surface area contributed by atoms with Crippen molar-refractivity contribution in [2.75, 3.05) is 5.32 Å². The van der Waals surface area contributed by atoms with Crippen LogP contribution in [0.25, 0.3) is 0 Å². The number of carboxylic acid groups (broad SMARTS) is 1. The van der Waals surface area contributed by atoms with Crippen molar-refractivity contribution in [3.05, 3.63) is 40.4 Å². The second kappa shape index (κ2) is 5.48. The van der Waals surface area contributed by atoms with Gasteiger partial charge in [-0.15, -0.1) is 5.10 Å². The third-order valence-corrected chi connectivity index (χ3v) is 2.92. The van der Waals surface area contributed by atoms with Crippen LogP contribution in [0, 0.1) is 0 Å². The summed E-state index contributed by atoms with van der Waals surface area (Å²) < 4.78 is 41.3. The molecule has 0 unspecified atom stereocenters. The number of carbonyl (C=O) groups is 2. The van der Waals surface area contributed by atoms with E-state index in [4.69, 9.17) is 5.11 Å². The number of hydrogen-bond acceptors (Lipinski definition) is 5. The van der Waals surface area contributed by atoms with E-state index in [1.807, 2.05) is 0 Å². The highest BCUT2D eigenvalue weighted by Crippen LogP contribution is 2.32. The Morgan fingerprint density at radius 1 is 1.29 bits per heavy atom. The maximum Gasteiger partial charge on any atom is 0.416 e. The molecule has 0 fully saturated rings. The van der Waals surface area contributed by atoms with Crippen molar-refractivity contribution in [3.8, 4) is 0 Å². The lowest BCUT2D eigenvalue weighted by Crippen LogP contribution is -2.16. The van der Waals surface area contributed by atoms with E-state index in [2.05, 4.69) is 14.9 Å². The second-order valence-corrected chi connectivity index (χ2v) is 4.42. The molecule has 1 aromatic heterocycles. The van der Waals surface area contributed by atoms with Crippen LogP contribution in [-0.2, 0) is 6.18 Å². The maximum atomic E-state index is 12.6. The Morgan fingerprint density at radius 2 is 2.00 bits per heavy atom. The molecular formula is C11H6F3N3O3S. The number of alkyl halides is 3. The number of halogens is 3. The Labute approximate surface area is 119 Å². The smallest absolute Gasteiger partial charge is 0.416 e. The number of anilines is 1. The third-order valence-electron chi connectivity index (χ3n) is 2.42. The monoisotopic (exact) mass is 317 g/mol. The zero-order chi connectivity index (χ0) is 15.6. The van der Waals surface area contributed by atoms with E-state index < -0.39 is 34.9 Å². The van der Waals surface area contributed by atoms with Crippen LogP contribution in [0.5, 0.6) is 0 Å². The topological polar surface area (TPSA) is 92.2 Å². The lowest BCUT2D eigenvalue weighted by molar-refractivity contribution is -0.137. The molecule has 0 spiro atoms. The quantitative estimate of drug-likeness (QED) is 0.907. The molecule has 1 aromatic carbocycles. The third kappa shape index (κ3) is 3.34. The largest absolute Gasteiger partial charge is 0.478 e. The van der Waals surface area contributed by atoms with Crippen LogP contribution in [-0.4, -0.2) is 26.6 Å². The number of aromatic carboxylic acids is 1. The van der Waals surface area contributed by atoms with Gasteiger partial charge in [0.1, 0.15) is 0 Å². The highest BCUT2D eigenvalue weighted by molar-refractivity contribution is 7.03. The van der Waals surface area contributed by atoms with Gasteiger partial charge in [0, 0.05) is 5.38 Å². The molecule has 0 aliphatic carbocycles. The van der Waals surface area contributed by atoms with Crippen molar-refractivity contribution in [1.82, 2.24) is 9.59 Å². The molecular weight excluding hydrogens is 311 g/mol. The molecule has 110 valence electrons. The normalized spacial score (nSPS) is 11.2. The lowest BCUT2D eigenvalue weighted by Gasteiger charge is -2.12. The van der Waals surface area contributed by atoms with Crippen LogP contribution in [0.4, 0.5) is 18.9 Å². The minimum absolute atomic E-state index is 0.117. The number of aromatic nitrogens is 2. The molecule has 1 heterocycles. The summed E-state index contributed by atoms with van der Waals surface area (Å²) in [5, 5.41) is 15.8. The van der Waals surface area contributed by atoms with E-state index in [1.54, 1.807) is 0 Å². The van der Waals surface area contributed by atoms with Gasteiger partial charge in [0.05, 0.1) is 16.8 Å². The number of benzene rings is 1. The van der Waals surface area contributed by atoms with Gasteiger partial charge in [-0.1, -0.05) is 4.49 Å². The average Bonchev–Trinajstić information content (AvgIpc) is 2.91. The molecule has 0 aliphatic heterocycles. The van der Waals surface area contributed by atoms with Gasteiger partial charge in [0.25, 0.3) is 5.91 Å². The number of carboxylic acids is 1. The van der Waals surface area contributed by atoms with Crippen molar-refractivity contribution in [2.45, 2.75) is 6.18 Å². The van der Waals surface area contributed by atoms with Crippen LogP contribution in [0.2, 0.25) is 0 Å². The summed E-state index contributed by atoms with van der Waals surface area (Å²) in [7, 11) is 0. The molecule has 0 saturated heterocycles. The average molecular weight is 317 g/mol. The highest BCUT2D eigenvalue weighted by atomic mass is 32.1. The van der Waals surface area contributed by atoms with E-state index in [0.29, 0.717) is 12.1 Å². The molecule has 21 heavy (non-hydrogen) atoms. The number of rotatable bonds is 3. The summed E-state index contributed by atoms with van der Waals surface area (Å²) in [6.45, 7) is 0. The molecule has 0 atom stereocenters. The SMILES string of the molecule is O=C(Nc1cc(C(F)(F)F)ccc1C(=O)O)c1csnn1. The van der Waals surface area contributed by atoms with Gasteiger partial charge in [-0.05, 0) is 29.7 Å². The Kier molecular flexibility index (Phi) is 3.89. The van der Waals surface area contributed by atoms with Gasteiger partial charge < -0.3 is 10.4 Å². The van der Waals surface area contributed by atoms with Gasteiger partial charge >= 0.3 is 12.1 Å². The fraction of sp³-hybridized carbons (Fsp3) is 0.0909. The molecule has 2 rings (SSSR count). The van der Waals surface area contributed by atoms with E-state index in [9.17, 15) is 22.8 Å². The van der Waals surface area contributed by atoms with Crippen molar-refractivity contribution >= 4 is 29.1 Å². The Balaban J connectivity index is 2.39. The van der Waals surface area contributed by atoms with Crippen LogP contribution >= 0.6 is 11.5 Å². The molecule has 2 N–H and O–H groups in total. The van der Waals surface area contributed by atoms with E-state index in [-0.39, 0.29) is 5.69 Å². The summed E-state index contributed by atoms with van der Waals surface area (Å²) in [5.41, 5.74) is -2.11. The molecule has 0 saturated carbocycles. The van der Waals surface area contributed by atoms with Gasteiger partial charge in [0.15, 0.2) is 5.69 Å². The molecule has 2 aromatic rings. The standard InChI is InChI=1S/C11H6F3N3O3S/c12-11(13,14)5-1-2-6(10(19)20)7(3-5)15-9(18)8-4-21-17-16-8/h1-4H,(H,15,18)(H,19,20). The first kappa shape index (κ1) is 14.9. The summed E-state index contributed by atoms with van der Waals surface area (Å²) in [6, 6.07) is 1.96. The summed E-state index contributed by atoms with van der Waals surface area (Å²) >= 11 is 0.878. The number of amides is 1. The molecule has 0 aliphatic rings. The Hall–Kier alpha value is -2.49. The zero-order valence-electron chi connectivity index (χ0n) is 10.0. The van der Waals surface area contributed by atoms with Gasteiger partial charge in [-0.2, -0.15) is 13.2 Å². The molecule has 0 bridgehead atoms. The zero-order valence-corrected chi connectivity index (χ0v) is 10.8. The van der Waals surface area contributed by atoms with Crippen molar-refractivity contribution in [3.63, 3.8) is 0 Å². The van der Waals surface area contributed by atoms with E-state index >= 15 is 0 Å². The highest BCUT2D eigenvalue weighted by Gasteiger charge is 2.32. The van der Waals surface area contributed by atoms with Crippen LogP contribution in [0.3, 0.4) is 0 Å². The number of carbonyl (C=O) groups excluding carboxylic acids is 1. The first-order valence-corrected chi connectivity index (χ1v) is 6.15. The number of nitrogens with one attached hydrogen (secondary N) is 1. The summed E-state index contributed by atoms with van der Waals surface area (Å²) in [4.78, 5) is 22.7. The summed E-state index contributed by atoms with van der Waals surface area (Å²) in [5.74, 6) is -2.30. The summed E-state index contributed by atoms with van der Waals surface area (Å²) in [6.07, 6.45) is -4.65. The van der Waals surface area contributed by atoms with Crippen molar-refractivity contribution in [1.29, 1.82) is 0 Å². The second-order valence-electron chi connectivity index (χ2n) is 3.81. The maximum absolute atomic E-state index is 12.6. The Bertz CT molecular complexity index is 686. The van der Waals surface area contributed by atoms with Crippen LogP contribution in [0.1, 0.15) is 26.4 Å². The van der Waals surface area contributed by atoms with Gasteiger partial charge in [-0.3, -0.25) is 4.79 Å². The molecule has 0 radical (unpaired) electrons. The first-order chi connectivity index (χ1) is 9.79. The predicted octanol–water partition coefficient (Wildman–Crippen LogP) is 2.51. The minimum atomic E-state index is -4.65. The van der Waals surface area contributed by atoms with Gasteiger partial charge in [0.2, 0.25) is 0 Å². The number of hydrogen-bond donors (Lipinski definition) is 2. The minimum Gasteiger partial charge on any atom is -0.478 e. The van der Waals surface area contributed by atoms with Crippen LogP contribution in [0.15, 0.2) is 23.6 Å². The van der Waals surface area contributed by atoms with Crippen LogP contribution < -0.4 is 5.32 Å². The van der Waals surface area contributed by atoms with Crippen molar-refractivity contribution in [2.24, 2.45) is 0 Å².